The molecule has 0 bridgehead atoms. The van der Waals surface area contributed by atoms with Gasteiger partial charge in [-0.25, -0.2) is 0 Å². The summed E-state index contributed by atoms with van der Waals surface area (Å²) >= 11 is 0. The highest BCUT2D eigenvalue weighted by Gasteiger charge is 2.47. The minimum absolute atomic E-state index is 0.159. The molecule has 1 aliphatic carbocycles. The van der Waals surface area contributed by atoms with Crippen molar-refractivity contribution in [2.24, 2.45) is 11.7 Å². The van der Waals surface area contributed by atoms with E-state index in [0.29, 0.717) is 5.92 Å². The number of H-pyrrole nitrogens is 1. The molecule has 3 nitrogen and oxygen atoms in total. The zero-order valence-corrected chi connectivity index (χ0v) is 12.0. The number of benzene rings is 1. The number of nitrogens with one attached hydrogen (secondary N) is 1. The number of aromatic amines is 1. The molecule has 3 heteroatoms. The van der Waals surface area contributed by atoms with Crippen LogP contribution in [0.2, 0.25) is 0 Å². The van der Waals surface area contributed by atoms with E-state index in [-0.39, 0.29) is 5.91 Å². The van der Waals surface area contributed by atoms with E-state index in [1.54, 1.807) is 0 Å². The predicted molar refractivity (Wildman–Crippen MR) is 81.4 cm³/mol. The van der Waals surface area contributed by atoms with Gasteiger partial charge in [0, 0.05) is 17.1 Å². The van der Waals surface area contributed by atoms with Crippen molar-refractivity contribution in [2.75, 3.05) is 0 Å². The van der Waals surface area contributed by atoms with Crippen molar-refractivity contribution < 1.29 is 4.79 Å². The number of para-hydroxylation sites is 1. The Morgan fingerprint density at radius 2 is 2.20 bits per heavy atom. The van der Waals surface area contributed by atoms with Gasteiger partial charge in [-0.15, -0.1) is 0 Å². The van der Waals surface area contributed by atoms with Gasteiger partial charge in [0.15, 0.2) is 0 Å². The molecule has 20 heavy (non-hydrogen) atoms. The number of aromatic nitrogens is 1. The Labute approximate surface area is 119 Å². The van der Waals surface area contributed by atoms with Gasteiger partial charge in [0.1, 0.15) is 0 Å². The molecule has 0 radical (unpaired) electrons. The van der Waals surface area contributed by atoms with Crippen molar-refractivity contribution in [1.82, 2.24) is 4.98 Å². The van der Waals surface area contributed by atoms with E-state index in [4.69, 9.17) is 5.73 Å². The van der Waals surface area contributed by atoms with Crippen LogP contribution in [0.25, 0.3) is 10.9 Å². The smallest absolute Gasteiger partial charge is 0.228 e. The van der Waals surface area contributed by atoms with Crippen molar-refractivity contribution >= 4 is 16.8 Å². The quantitative estimate of drug-likeness (QED) is 0.881. The lowest BCUT2D eigenvalue weighted by molar-refractivity contribution is -0.127. The molecule has 1 heterocycles. The van der Waals surface area contributed by atoms with Gasteiger partial charge in [-0.1, -0.05) is 44.4 Å². The first kappa shape index (κ1) is 13.2. The zero-order chi connectivity index (χ0) is 14.2. The SMILES string of the molecule is CCC1CCCCC1(C(N)=O)c1c[nH]c2ccccc12. The Bertz CT molecular complexity index is 631. The van der Waals surface area contributed by atoms with Gasteiger partial charge >= 0.3 is 0 Å². The molecule has 0 saturated heterocycles. The Kier molecular flexibility index (Phi) is 3.28. The van der Waals surface area contributed by atoms with Crippen molar-refractivity contribution in [1.29, 1.82) is 0 Å². The Hall–Kier alpha value is -1.77. The molecule has 0 spiro atoms. The third kappa shape index (κ3) is 1.76. The zero-order valence-electron chi connectivity index (χ0n) is 12.0. The summed E-state index contributed by atoms with van der Waals surface area (Å²) in [5.41, 5.74) is 7.59. The fourth-order valence-electron chi connectivity index (χ4n) is 4.05. The van der Waals surface area contributed by atoms with Gasteiger partial charge in [-0.3, -0.25) is 4.79 Å². The highest BCUT2D eigenvalue weighted by molar-refractivity contribution is 5.94. The summed E-state index contributed by atoms with van der Waals surface area (Å²) in [5.74, 6) is 0.196. The maximum absolute atomic E-state index is 12.4. The van der Waals surface area contributed by atoms with Gasteiger partial charge in [0.25, 0.3) is 0 Å². The maximum Gasteiger partial charge on any atom is 0.228 e. The standard InChI is InChI=1S/C17H22N2O/c1-2-12-7-5-6-10-17(12,16(18)20)14-11-19-15-9-4-3-8-13(14)15/h3-4,8-9,11-12,19H,2,5-7,10H2,1H3,(H2,18,20). The largest absolute Gasteiger partial charge is 0.369 e. The number of rotatable bonds is 3. The molecule has 1 aromatic heterocycles. The number of amides is 1. The minimum atomic E-state index is -0.493. The van der Waals surface area contributed by atoms with E-state index >= 15 is 0 Å². The lowest BCUT2D eigenvalue weighted by Crippen LogP contribution is -2.48. The van der Waals surface area contributed by atoms with E-state index in [0.717, 1.165) is 42.1 Å². The summed E-state index contributed by atoms with van der Waals surface area (Å²) in [6.07, 6.45) is 7.27. The minimum Gasteiger partial charge on any atom is -0.369 e. The molecule has 3 N–H and O–H groups in total. The summed E-state index contributed by atoms with van der Waals surface area (Å²) in [7, 11) is 0. The summed E-state index contributed by atoms with van der Waals surface area (Å²) < 4.78 is 0. The topological polar surface area (TPSA) is 58.9 Å². The van der Waals surface area contributed by atoms with Crippen LogP contribution in [-0.4, -0.2) is 10.9 Å². The van der Waals surface area contributed by atoms with Crippen molar-refractivity contribution in [3.8, 4) is 0 Å². The molecular weight excluding hydrogens is 248 g/mol. The summed E-state index contributed by atoms with van der Waals surface area (Å²) in [5, 5.41) is 1.15. The molecule has 1 aromatic carbocycles. The summed E-state index contributed by atoms with van der Waals surface area (Å²) in [6, 6.07) is 8.18. The van der Waals surface area contributed by atoms with Crippen LogP contribution in [-0.2, 0) is 10.2 Å². The Morgan fingerprint density at radius 1 is 1.40 bits per heavy atom. The average Bonchev–Trinajstić information content (AvgIpc) is 2.91. The Morgan fingerprint density at radius 3 is 2.95 bits per heavy atom. The molecule has 2 aromatic rings. The van der Waals surface area contributed by atoms with Gasteiger partial charge in [0.2, 0.25) is 5.91 Å². The van der Waals surface area contributed by atoms with E-state index in [2.05, 4.69) is 24.0 Å². The second kappa shape index (κ2) is 4.97. The van der Waals surface area contributed by atoms with Crippen LogP contribution in [0.3, 0.4) is 0 Å². The van der Waals surface area contributed by atoms with Gasteiger partial charge in [-0.05, 0) is 30.4 Å². The van der Waals surface area contributed by atoms with Crippen LogP contribution in [0.5, 0.6) is 0 Å². The second-order valence-corrected chi connectivity index (χ2v) is 5.93. The third-order valence-corrected chi connectivity index (χ3v) is 5.07. The first-order chi connectivity index (χ1) is 9.70. The van der Waals surface area contributed by atoms with E-state index in [9.17, 15) is 4.79 Å². The third-order valence-electron chi connectivity index (χ3n) is 5.07. The number of carbonyl (C=O) groups excluding carboxylic acids is 1. The van der Waals surface area contributed by atoms with Crippen LogP contribution in [0, 0.1) is 5.92 Å². The molecular formula is C17H22N2O. The molecule has 1 fully saturated rings. The maximum atomic E-state index is 12.4. The number of carbonyl (C=O) groups is 1. The van der Waals surface area contributed by atoms with E-state index in [1.807, 2.05) is 18.3 Å². The fourth-order valence-corrected chi connectivity index (χ4v) is 4.05. The molecule has 2 atom stereocenters. The van der Waals surface area contributed by atoms with Crippen LogP contribution in [0.15, 0.2) is 30.5 Å². The molecule has 0 aliphatic heterocycles. The van der Waals surface area contributed by atoms with Gasteiger partial charge in [0.05, 0.1) is 5.41 Å². The molecule has 1 saturated carbocycles. The first-order valence-corrected chi connectivity index (χ1v) is 7.56. The number of primary amides is 1. The van der Waals surface area contributed by atoms with Crippen molar-refractivity contribution in [3.63, 3.8) is 0 Å². The van der Waals surface area contributed by atoms with Gasteiger partial charge < -0.3 is 10.7 Å². The van der Waals surface area contributed by atoms with Crippen molar-refractivity contribution in [2.45, 2.75) is 44.4 Å². The normalized spacial score (nSPS) is 26.8. The first-order valence-electron chi connectivity index (χ1n) is 7.56. The number of nitrogens with two attached hydrogens (primary N) is 1. The average molecular weight is 270 g/mol. The Balaban J connectivity index is 2.22. The number of fused-ring (bicyclic) bond motifs is 1. The van der Waals surface area contributed by atoms with Crippen molar-refractivity contribution in [3.05, 3.63) is 36.0 Å². The van der Waals surface area contributed by atoms with Crippen LogP contribution in [0.4, 0.5) is 0 Å². The fraction of sp³-hybridized carbons (Fsp3) is 0.471. The van der Waals surface area contributed by atoms with E-state index < -0.39 is 5.41 Å². The number of hydrogen-bond donors (Lipinski definition) is 2. The lowest BCUT2D eigenvalue weighted by Gasteiger charge is -2.41. The van der Waals surface area contributed by atoms with Crippen LogP contribution >= 0.6 is 0 Å². The monoisotopic (exact) mass is 270 g/mol. The summed E-state index contributed by atoms with van der Waals surface area (Å²) in [4.78, 5) is 15.7. The predicted octanol–water partition coefficient (Wildman–Crippen LogP) is 3.49. The molecule has 1 aliphatic rings. The van der Waals surface area contributed by atoms with E-state index in [1.165, 1.54) is 6.42 Å². The number of hydrogen-bond acceptors (Lipinski definition) is 1. The lowest BCUT2D eigenvalue weighted by atomic mass is 9.61. The highest BCUT2D eigenvalue weighted by Crippen LogP contribution is 2.47. The molecule has 106 valence electrons. The molecule has 3 rings (SSSR count). The van der Waals surface area contributed by atoms with Crippen LogP contribution in [0.1, 0.15) is 44.6 Å². The molecule has 2 unspecified atom stereocenters. The summed E-state index contributed by atoms with van der Waals surface area (Å²) in [6.45, 7) is 2.17. The van der Waals surface area contributed by atoms with Gasteiger partial charge in [-0.2, -0.15) is 0 Å². The second-order valence-electron chi connectivity index (χ2n) is 5.93. The molecule has 1 amide bonds. The van der Waals surface area contributed by atoms with Crippen LogP contribution < -0.4 is 5.73 Å². The highest BCUT2D eigenvalue weighted by atomic mass is 16.1.